The molecule has 0 radical (unpaired) electrons. The molecule has 1 amide bonds. The van der Waals surface area contributed by atoms with E-state index in [0.29, 0.717) is 29.5 Å². The van der Waals surface area contributed by atoms with Crippen molar-refractivity contribution in [3.63, 3.8) is 0 Å². The van der Waals surface area contributed by atoms with E-state index >= 15 is 0 Å². The van der Waals surface area contributed by atoms with Crippen molar-refractivity contribution in [3.05, 3.63) is 52.8 Å². The Balaban J connectivity index is 1.62. The molecule has 0 saturated carbocycles. The Morgan fingerprint density at radius 3 is 2.72 bits per heavy atom. The van der Waals surface area contributed by atoms with Crippen LogP contribution in [0.25, 0.3) is 0 Å². The second-order valence-electron chi connectivity index (χ2n) is 6.85. The highest BCUT2D eigenvalue weighted by Gasteiger charge is 2.32. The molecule has 2 aromatic rings. The minimum absolute atomic E-state index is 0.134. The Labute approximate surface area is 173 Å². The van der Waals surface area contributed by atoms with Crippen LogP contribution in [0, 0.1) is 12.7 Å². The Morgan fingerprint density at radius 2 is 2.00 bits per heavy atom. The van der Waals surface area contributed by atoms with E-state index in [4.69, 9.17) is 25.8 Å². The van der Waals surface area contributed by atoms with Crippen LogP contribution in [-0.2, 0) is 4.79 Å². The SMILES string of the molecule is COc1cc(F)ccc1O[C@@H]1CN(C(=O)COc2ccc(Cl)cc2C)CC[C@H]1O. The number of carbonyl (C=O) groups excluding carboxylic acids is 1. The second-order valence-corrected chi connectivity index (χ2v) is 7.28. The number of amides is 1. The zero-order chi connectivity index (χ0) is 21.0. The van der Waals surface area contributed by atoms with Gasteiger partial charge in [0.15, 0.2) is 18.1 Å². The Kier molecular flexibility index (Phi) is 6.82. The fourth-order valence-electron chi connectivity index (χ4n) is 3.15. The van der Waals surface area contributed by atoms with Gasteiger partial charge >= 0.3 is 0 Å². The summed E-state index contributed by atoms with van der Waals surface area (Å²) >= 11 is 5.93. The minimum Gasteiger partial charge on any atom is -0.493 e. The first kappa shape index (κ1) is 21.2. The van der Waals surface area contributed by atoms with Gasteiger partial charge in [-0.1, -0.05) is 11.6 Å². The molecule has 1 aliphatic rings. The summed E-state index contributed by atoms with van der Waals surface area (Å²) in [5.74, 6) is 0.446. The van der Waals surface area contributed by atoms with Crippen LogP contribution >= 0.6 is 11.6 Å². The van der Waals surface area contributed by atoms with Gasteiger partial charge in [0.25, 0.3) is 5.91 Å². The van der Waals surface area contributed by atoms with Gasteiger partial charge in [-0.15, -0.1) is 0 Å². The van der Waals surface area contributed by atoms with Crippen molar-refractivity contribution in [2.75, 3.05) is 26.8 Å². The van der Waals surface area contributed by atoms with Gasteiger partial charge in [0, 0.05) is 17.6 Å². The van der Waals surface area contributed by atoms with E-state index in [-0.39, 0.29) is 24.8 Å². The molecule has 0 unspecified atom stereocenters. The smallest absolute Gasteiger partial charge is 0.260 e. The molecule has 1 fully saturated rings. The number of hydrogen-bond donors (Lipinski definition) is 1. The second kappa shape index (κ2) is 9.33. The van der Waals surface area contributed by atoms with E-state index in [1.165, 1.54) is 25.3 Å². The molecule has 0 aromatic heterocycles. The summed E-state index contributed by atoms with van der Waals surface area (Å²) in [6.07, 6.45) is -1.06. The zero-order valence-electron chi connectivity index (χ0n) is 16.2. The fraction of sp³-hybridized carbons (Fsp3) is 0.381. The van der Waals surface area contributed by atoms with Crippen LogP contribution in [0.5, 0.6) is 17.2 Å². The summed E-state index contributed by atoms with van der Waals surface area (Å²) < 4.78 is 30.0. The third kappa shape index (κ3) is 5.31. The molecule has 0 bridgehead atoms. The molecule has 3 rings (SSSR count). The van der Waals surface area contributed by atoms with Crippen molar-refractivity contribution < 1.29 is 28.5 Å². The van der Waals surface area contributed by atoms with Gasteiger partial charge in [-0.05, 0) is 49.2 Å². The van der Waals surface area contributed by atoms with Crippen molar-refractivity contribution in [1.29, 1.82) is 0 Å². The molecule has 1 aliphatic heterocycles. The molecule has 1 N–H and O–H groups in total. The molecular weight excluding hydrogens is 401 g/mol. The van der Waals surface area contributed by atoms with Crippen LogP contribution in [0.2, 0.25) is 5.02 Å². The zero-order valence-corrected chi connectivity index (χ0v) is 17.0. The molecule has 0 spiro atoms. The van der Waals surface area contributed by atoms with Crippen LogP contribution in [-0.4, -0.2) is 54.9 Å². The van der Waals surface area contributed by atoms with E-state index in [1.807, 2.05) is 6.92 Å². The standard InChI is InChI=1S/C21H23ClFNO5/c1-13-9-14(22)3-5-17(13)28-12-21(26)24-8-7-16(25)20(11-24)29-18-6-4-15(23)10-19(18)27-2/h3-6,9-10,16,20,25H,7-8,11-12H2,1-2H3/t16-,20-/m1/s1. The lowest BCUT2D eigenvalue weighted by atomic mass is 10.0. The average molecular weight is 424 g/mol. The van der Waals surface area contributed by atoms with Gasteiger partial charge in [-0.3, -0.25) is 4.79 Å². The summed E-state index contributed by atoms with van der Waals surface area (Å²) in [5.41, 5.74) is 0.837. The quantitative estimate of drug-likeness (QED) is 0.772. The number of hydrogen-bond acceptors (Lipinski definition) is 5. The third-order valence-electron chi connectivity index (χ3n) is 4.77. The highest BCUT2D eigenvalue weighted by atomic mass is 35.5. The van der Waals surface area contributed by atoms with E-state index in [1.54, 1.807) is 23.1 Å². The molecular formula is C21H23ClFNO5. The largest absolute Gasteiger partial charge is 0.493 e. The van der Waals surface area contributed by atoms with Gasteiger partial charge in [0.1, 0.15) is 17.7 Å². The van der Waals surface area contributed by atoms with E-state index in [9.17, 15) is 14.3 Å². The summed E-state index contributed by atoms with van der Waals surface area (Å²) in [5, 5.41) is 10.9. The normalized spacial score (nSPS) is 19.0. The summed E-state index contributed by atoms with van der Waals surface area (Å²) in [6.45, 7) is 2.29. The van der Waals surface area contributed by atoms with Crippen LogP contribution in [0.3, 0.4) is 0 Å². The Morgan fingerprint density at radius 1 is 1.24 bits per heavy atom. The highest BCUT2D eigenvalue weighted by Crippen LogP contribution is 2.30. The van der Waals surface area contributed by atoms with Gasteiger partial charge in [-0.2, -0.15) is 0 Å². The predicted molar refractivity (Wildman–Crippen MR) is 106 cm³/mol. The molecule has 1 heterocycles. The van der Waals surface area contributed by atoms with Crippen LogP contribution < -0.4 is 14.2 Å². The van der Waals surface area contributed by atoms with Crippen molar-refractivity contribution in [3.8, 4) is 17.2 Å². The first-order valence-corrected chi connectivity index (χ1v) is 9.60. The summed E-state index contributed by atoms with van der Waals surface area (Å²) in [4.78, 5) is 14.2. The number of aliphatic hydroxyl groups is 1. The van der Waals surface area contributed by atoms with Gasteiger partial charge in [0.2, 0.25) is 0 Å². The maximum Gasteiger partial charge on any atom is 0.260 e. The van der Waals surface area contributed by atoms with Crippen LogP contribution in [0.15, 0.2) is 36.4 Å². The lowest BCUT2D eigenvalue weighted by Gasteiger charge is -2.36. The number of halogens is 2. The van der Waals surface area contributed by atoms with Gasteiger partial charge in [-0.25, -0.2) is 4.39 Å². The van der Waals surface area contributed by atoms with Crippen molar-refractivity contribution in [2.45, 2.75) is 25.6 Å². The van der Waals surface area contributed by atoms with E-state index in [2.05, 4.69) is 0 Å². The minimum atomic E-state index is -0.756. The summed E-state index contributed by atoms with van der Waals surface area (Å²) in [7, 11) is 1.41. The summed E-state index contributed by atoms with van der Waals surface area (Å²) in [6, 6.07) is 9.07. The lowest BCUT2D eigenvalue weighted by molar-refractivity contribution is -0.138. The maximum absolute atomic E-state index is 13.4. The molecule has 29 heavy (non-hydrogen) atoms. The van der Waals surface area contributed by atoms with Crippen LogP contribution in [0.4, 0.5) is 4.39 Å². The number of methoxy groups -OCH3 is 1. The maximum atomic E-state index is 13.4. The number of benzene rings is 2. The number of likely N-dealkylation sites (tertiary alicyclic amines) is 1. The molecule has 2 atom stereocenters. The number of rotatable bonds is 6. The fourth-order valence-corrected chi connectivity index (χ4v) is 3.38. The Bertz CT molecular complexity index is 878. The van der Waals surface area contributed by atoms with E-state index in [0.717, 1.165) is 5.56 Å². The van der Waals surface area contributed by atoms with Crippen molar-refractivity contribution in [1.82, 2.24) is 4.90 Å². The van der Waals surface area contributed by atoms with Gasteiger partial charge < -0.3 is 24.2 Å². The van der Waals surface area contributed by atoms with Gasteiger partial charge in [0.05, 0.1) is 19.8 Å². The number of carbonyl (C=O) groups is 1. The molecule has 8 heteroatoms. The number of ether oxygens (including phenoxy) is 3. The monoisotopic (exact) mass is 423 g/mol. The number of aryl methyl sites for hydroxylation is 1. The molecule has 156 valence electrons. The van der Waals surface area contributed by atoms with Crippen molar-refractivity contribution >= 4 is 17.5 Å². The molecule has 0 aliphatic carbocycles. The molecule has 1 saturated heterocycles. The van der Waals surface area contributed by atoms with Crippen molar-refractivity contribution in [2.24, 2.45) is 0 Å². The van der Waals surface area contributed by atoms with Crippen LogP contribution in [0.1, 0.15) is 12.0 Å². The topological polar surface area (TPSA) is 68.2 Å². The van der Waals surface area contributed by atoms with E-state index < -0.39 is 18.0 Å². The molecule has 2 aromatic carbocycles. The Hall–Kier alpha value is -2.51. The predicted octanol–water partition coefficient (Wildman–Crippen LogP) is 3.22. The number of aliphatic hydroxyl groups excluding tert-OH is 1. The average Bonchev–Trinajstić information content (AvgIpc) is 2.70. The first-order chi connectivity index (χ1) is 13.9. The number of piperidine rings is 1. The highest BCUT2D eigenvalue weighted by molar-refractivity contribution is 6.30. The lowest BCUT2D eigenvalue weighted by Crippen LogP contribution is -2.52. The molecule has 6 nitrogen and oxygen atoms in total. The first-order valence-electron chi connectivity index (χ1n) is 9.22. The number of nitrogens with zero attached hydrogens (tertiary/aromatic N) is 1. The third-order valence-corrected chi connectivity index (χ3v) is 5.00.